The molecular weight excluding hydrogens is 394 g/mol. The number of carboxylic acid groups (broad SMARTS) is 1. The Kier molecular flexibility index (Phi) is 15.3. The maximum atomic E-state index is 11.3. The normalized spacial score (nSPS) is 10.9. The van der Waals surface area contributed by atoms with E-state index in [1.165, 1.54) is 102 Å². The van der Waals surface area contributed by atoms with Crippen LogP contribution in [0.3, 0.4) is 0 Å². The quantitative estimate of drug-likeness (QED) is 0.127. The Hall–Kier alpha value is -2.11. The second-order valence-electron chi connectivity index (χ2n) is 8.36. The molecule has 1 rings (SSSR count). The Morgan fingerprint density at radius 2 is 1.29 bits per heavy atom. The molecule has 0 fully saturated rings. The number of rotatable bonds is 20. The zero-order chi connectivity index (χ0) is 22.7. The molecule has 6 heteroatoms. The molecule has 1 aromatic carbocycles. The van der Waals surface area contributed by atoms with Crippen molar-refractivity contribution in [2.24, 2.45) is 0 Å². The molecule has 0 aliphatic carbocycles. The van der Waals surface area contributed by atoms with E-state index >= 15 is 0 Å². The Labute approximate surface area is 187 Å². The fraction of sp³-hybridized carbons (Fsp3) is 0.720. The fourth-order valence-corrected chi connectivity index (χ4v) is 3.84. The number of nitrogens with zero attached hydrogens (tertiary/aromatic N) is 1. The van der Waals surface area contributed by atoms with Crippen LogP contribution in [0.15, 0.2) is 18.2 Å². The second kappa shape index (κ2) is 17.6. The largest absolute Gasteiger partial charge is 0.492 e. The van der Waals surface area contributed by atoms with Crippen LogP contribution < -0.4 is 4.74 Å². The van der Waals surface area contributed by atoms with E-state index in [4.69, 9.17) is 4.74 Å². The van der Waals surface area contributed by atoms with Gasteiger partial charge in [-0.15, -0.1) is 0 Å². The average molecular weight is 436 g/mol. The van der Waals surface area contributed by atoms with Crippen molar-refractivity contribution in [3.05, 3.63) is 33.9 Å². The first-order chi connectivity index (χ1) is 15.1. The van der Waals surface area contributed by atoms with Crippen LogP contribution in [0.5, 0.6) is 5.75 Å². The average Bonchev–Trinajstić information content (AvgIpc) is 2.75. The summed E-state index contributed by atoms with van der Waals surface area (Å²) in [5.41, 5.74) is -0.805. The van der Waals surface area contributed by atoms with E-state index in [9.17, 15) is 20.0 Å². The van der Waals surface area contributed by atoms with Gasteiger partial charge in [0.2, 0.25) is 0 Å². The molecule has 0 aromatic heterocycles. The number of unbranched alkanes of at least 4 members (excludes halogenated alkanes) is 15. The highest BCUT2D eigenvalue weighted by atomic mass is 16.6. The fourth-order valence-electron chi connectivity index (χ4n) is 3.84. The van der Waals surface area contributed by atoms with Gasteiger partial charge in [-0.2, -0.15) is 0 Å². The summed E-state index contributed by atoms with van der Waals surface area (Å²) in [6.45, 7) is 2.63. The minimum absolute atomic E-state index is 0.0719. The van der Waals surface area contributed by atoms with Gasteiger partial charge in [0.05, 0.1) is 11.5 Å². The summed E-state index contributed by atoms with van der Waals surface area (Å²) in [7, 11) is 0. The lowest BCUT2D eigenvalue weighted by atomic mass is 10.0. The standard InChI is InChI=1S/C25H41NO5/c1-2-3-4-5-6-7-8-9-10-11-12-13-14-15-16-17-21-31-23-20-18-19-22(26(29)30)24(23)25(27)28/h18-20H,2-17,21H2,1H3,(H,27,28). The number of hydrogen-bond donors (Lipinski definition) is 1. The zero-order valence-electron chi connectivity index (χ0n) is 19.3. The number of carbonyl (C=O) groups is 1. The van der Waals surface area contributed by atoms with Crippen molar-refractivity contribution >= 4 is 11.7 Å². The molecule has 0 spiro atoms. The predicted octanol–water partition coefficient (Wildman–Crippen LogP) is 7.93. The van der Waals surface area contributed by atoms with E-state index in [-0.39, 0.29) is 11.3 Å². The minimum Gasteiger partial charge on any atom is -0.492 e. The van der Waals surface area contributed by atoms with Crippen molar-refractivity contribution in [1.82, 2.24) is 0 Å². The van der Waals surface area contributed by atoms with Crippen molar-refractivity contribution < 1.29 is 19.6 Å². The van der Waals surface area contributed by atoms with Gasteiger partial charge in [-0.05, 0) is 12.5 Å². The molecule has 31 heavy (non-hydrogen) atoms. The lowest BCUT2D eigenvalue weighted by Crippen LogP contribution is -2.07. The Balaban J connectivity index is 1.99. The van der Waals surface area contributed by atoms with E-state index in [1.807, 2.05) is 0 Å². The molecule has 0 aliphatic heterocycles. The van der Waals surface area contributed by atoms with Crippen LogP contribution in [0.2, 0.25) is 0 Å². The summed E-state index contributed by atoms with van der Waals surface area (Å²) in [6, 6.07) is 4.11. The SMILES string of the molecule is CCCCCCCCCCCCCCCCCCOc1cccc([N+](=O)[O-])c1C(=O)O. The number of nitro groups is 1. The van der Waals surface area contributed by atoms with Crippen molar-refractivity contribution in [3.8, 4) is 5.75 Å². The molecule has 0 bridgehead atoms. The van der Waals surface area contributed by atoms with Crippen molar-refractivity contribution in [2.75, 3.05) is 6.61 Å². The van der Waals surface area contributed by atoms with Crippen molar-refractivity contribution in [1.29, 1.82) is 0 Å². The van der Waals surface area contributed by atoms with Gasteiger partial charge in [0.15, 0.2) is 5.56 Å². The van der Waals surface area contributed by atoms with Gasteiger partial charge in [0.1, 0.15) is 5.75 Å². The first-order valence-corrected chi connectivity index (χ1v) is 12.2. The molecule has 0 heterocycles. The molecule has 1 N–H and O–H groups in total. The van der Waals surface area contributed by atoms with Crippen molar-refractivity contribution in [2.45, 2.75) is 110 Å². The lowest BCUT2D eigenvalue weighted by molar-refractivity contribution is -0.385. The monoisotopic (exact) mass is 435 g/mol. The maximum absolute atomic E-state index is 11.3. The maximum Gasteiger partial charge on any atom is 0.346 e. The highest BCUT2D eigenvalue weighted by Crippen LogP contribution is 2.28. The lowest BCUT2D eigenvalue weighted by Gasteiger charge is -2.09. The molecule has 0 saturated carbocycles. The molecule has 0 amide bonds. The first kappa shape index (κ1) is 26.9. The molecule has 0 aliphatic rings. The number of aromatic carboxylic acids is 1. The van der Waals surface area contributed by atoms with Crippen LogP contribution in [0.25, 0.3) is 0 Å². The highest BCUT2D eigenvalue weighted by molar-refractivity contribution is 5.95. The molecule has 176 valence electrons. The third-order valence-corrected chi connectivity index (χ3v) is 5.67. The zero-order valence-corrected chi connectivity index (χ0v) is 19.3. The minimum atomic E-state index is -1.34. The highest BCUT2D eigenvalue weighted by Gasteiger charge is 2.24. The van der Waals surface area contributed by atoms with Gasteiger partial charge in [-0.3, -0.25) is 10.1 Å². The van der Waals surface area contributed by atoms with Crippen LogP contribution in [-0.2, 0) is 0 Å². The Bertz CT molecular complexity index is 632. The third-order valence-electron chi connectivity index (χ3n) is 5.67. The van der Waals surface area contributed by atoms with Gasteiger partial charge >= 0.3 is 5.97 Å². The van der Waals surface area contributed by atoms with Crippen LogP contribution in [0.4, 0.5) is 5.69 Å². The van der Waals surface area contributed by atoms with Crippen molar-refractivity contribution in [3.63, 3.8) is 0 Å². The van der Waals surface area contributed by atoms with E-state index in [2.05, 4.69) is 6.92 Å². The number of benzene rings is 1. The Morgan fingerprint density at radius 3 is 1.71 bits per heavy atom. The smallest absolute Gasteiger partial charge is 0.346 e. The van der Waals surface area contributed by atoms with Gasteiger partial charge in [0, 0.05) is 6.07 Å². The molecule has 0 unspecified atom stereocenters. The number of hydrogen-bond acceptors (Lipinski definition) is 4. The summed E-state index contributed by atoms with van der Waals surface area (Å²) in [4.78, 5) is 21.7. The first-order valence-electron chi connectivity index (χ1n) is 12.2. The third kappa shape index (κ3) is 12.4. The topological polar surface area (TPSA) is 89.7 Å². The van der Waals surface area contributed by atoms with Crippen LogP contribution in [0, 0.1) is 10.1 Å². The van der Waals surface area contributed by atoms with Gasteiger partial charge in [-0.1, -0.05) is 109 Å². The molecular formula is C25H41NO5. The number of ether oxygens (including phenoxy) is 1. The summed E-state index contributed by atoms with van der Waals surface area (Å²) >= 11 is 0. The molecule has 0 radical (unpaired) electrons. The molecule has 1 aromatic rings. The van der Waals surface area contributed by atoms with Crippen LogP contribution >= 0.6 is 0 Å². The van der Waals surface area contributed by atoms with Crippen LogP contribution in [-0.4, -0.2) is 22.6 Å². The second-order valence-corrected chi connectivity index (χ2v) is 8.36. The van der Waals surface area contributed by atoms with Gasteiger partial charge < -0.3 is 9.84 Å². The summed E-state index contributed by atoms with van der Waals surface area (Å²) in [6.07, 6.45) is 20.6. The molecule has 0 saturated heterocycles. The van der Waals surface area contributed by atoms with Gasteiger partial charge in [0.25, 0.3) is 5.69 Å². The molecule has 0 atom stereocenters. The van der Waals surface area contributed by atoms with E-state index in [0.717, 1.165) is 19.3 Å². The Morgan fingerprint density at radius 1 is 0.839 bits per heavy atom. The number of carboxylic acids is 1. The van der Waals surface area contributed by atoms with E-state index in [0.29, 0.717) is 6.61 Å². The summed E-state index contributed by atoms with van der Waals surface area (Å²) in [5.74, 6) is -1.27. The molecule has 6 nitrogen and oxygen atoms in total. The summed E-state index contributed by atoms with van der Waals surface area (Å²) < 4.78 is 5.52. The van der Waals surface area contributed by atoms with Gasteiger partial charge in [-0.25, -0.2) is 4.79 Å². The number of nitro benzene ring substituents is 1. The van der Waals surface area contributed by atoms with E-state index in [1.54, 1.807) is 0 Å². The van der Waals surface area contributed by atoms with Crippen LogP contribution in [0.1, 0.15) is 120 Å². The predicted molar refractivity (Wildman–Crippen MR) is 125 cm³/mol. The summed E-state index contributed by atoms with van der Waals surface area (Å²) in [5, 5.41) is 20.3. The van der Waals surface area contributed by atoms with E-state index < -0.39 is 16.6 Å².